The van der Waals surface area contributed by atoms with E-state index in [9.17, 15) is 8.42 Å². The number of halogens is 1. The van der Waals surface area contributed by atoms with Crippen LogP contribution in [0.25, 0.3) is 10.9 Å². The summed E-state index contributed by atoms with van der Waals surface area (Å²) in [6.45, 7) is 1.93. The molecule has 0 aliphatic heterocycles. The molecule has 0 amide bonds. The normalized spacial score (nSPS) is 13.0. The fraction of sp³-hybridized carbons (Fsp3) is 0.0909. The molecular weight excluding hydrogens is 378 g/mol. The Labute approximate surface area is 163 Å². The molecule has 0 radical (unpaired) electrons. The average molecular weight is 396 g/mol. The minimum absolute atomic E-state index is 0.281. The van der Waals surface area contributed by atoms with E-state index in [1.54, 1.807) is 36.5 Å². The van der Waals surface area contributed by atoms with E-state index < -0.39 is 15.1 Å². The van der Waals surface area contributed by atoms with Gasteiger partial charge in [-0.2, -0.15) is 0 Å². The molecule has 4 rings (SSSR count). The van der Waals surface area contributed by atoms with Crippen LogP contribution in [0, 0.1) is 6.92 Å². The first-order chi connectivity index (χ1) is 13.0. The van der Waals surface area contributed by atoms with E-state index in [1.165, 1.54) is 0 Å². The molecule has 0 aliphatic carbocycles. The molecule has 1 aromatic heterocycles. The van der Waals surface area contributed by atoms with Crippen LogP contribution < -0.4 is 0 Å². The summed E-state index contributed by atoms with van der Waals surface area (Å²) in [6.07, 6.45) is 1.77. The Balaban J connectivity index is 2.00. The maximum absolute atomic E-state index is 13.7. The van der Waals surface area contributed by atoms with Gasteiger partial charge in [-0.15, -0.1) is 0 Å². The molecule has 3 aromatic carbocycles. The second-order valence-corrected chi connectivity index (χ2v) is 8.99. The van der Waals surface area contributed by atoms with Crippen molar-refractivity contribution in [1.82, 2.24) is 4.98 Å². The lowest BCUT2D eigenvalue weighted by Crippen LogP contribution is -2.15. The number of fused-ring (bicyclic) bond motifs is 1. The number of nitrogens with one attached hydrogen (secondary N) is 1. The van der Waals surface area contributed by atoms with Crippen LogP contribution in [0.3, 0.4) is 0 Å². The van der Waals surface area contributed by atoms with Gasteiger partial charge in [0.25, 0.3) is 0 Å². The number of para-hydroxylation sites is 1. The maximum atomic E-state index is 13.7. The maximum Gasteiger partial charge on any atom is 0.189 e. The smallest absolute Gasteiger partial charge is 0.189 e. The molecule has 0 spiro atoms. The summed E-state index contributed by atoms with van der Waals surface area (Å²) in [5.41, 5.74) is 3.17. The quantitative estimate of drug-likeness (QED) is 0.482. The van der Waals surface area contributed by atoms with Crippen LogP contribution in [0.15, 0.2) is 83.9 Å². The number of sulfone groups is 1. The second kappa shape index (κ2) is 6.87. The summed E-state index contributed by atoms with van der Waals surface area (Å²) in [7, 11) is -3.71. The summed E-state index contributed by atoms with van der Waals surface area (Å²) in [4.78, 5) is 3.46. The third-order valence-electron chi connectivity index (χ3n) is 4.75. The highest BCUT2D eigenvalue weighted by atomic mass is 35.5. The SMILES string of the molecule is Cc1ccc(S(=O)(=O)C(c2ccccc2Cl)c2c[nH]c3ccccc23)cc1. The number of hydrogen-bond acceptors (Lipinski definition) is 2. The van der Waals surface area contributed by atoms with Crippen LogP contribution in [0.1, 0.15) is 21.9 Å². The fourth-order valence-electron chi connectivity index (χ4n) is 3.36. The lowest BCUT2D eigenvalue weighted by atomic mass is 10.0. The van der Waals surface area contributed by atoms with E-state index in [0.29, 0.717) is 16.1 Å². The van der Waals surface area contributed by atoms with Gasteiger partial charge in [0.2, 0.25) is 0 Å². The Kier molecular flexibility index (Phi) is 4.54. The number of aromatic nitrogens is 1. The van der Waals surface area contributed by atoms with Crippen LogP contribution in [0.4, 0.5) is 0 Å². The van der Waals surface area contributed by atoms with Crippen molar-refractivity contribution in [2.24, 2.45) is 0 Å². The molecule has 0 bridgehead atoms. The molecule has 5 heteroatoms. The molecule has 1 atom stereocenters. The molecule has 1 N–H and O–H groups in total. The number of aromatic amines is 1. The van der Waals surface area contributed by atoms with Crippen LogP contribution >= 0.6 is 11.6 Å². The molecule has 0 saturated carbocycles. The Hall–Kier alpha value is -2.56. The van der Waals surface area contributed by atoms with E-state index in [0.717, 1.165) is 16.5 Å². The van der Waals surface area contributed by atoms with Crippen molar-refractivity contribution in [1.29, 1.82) is 0 Å². The summed E-state index contributed by atoms with van der Waals surface area (Å²) >= 11 is 6.43. The highest BCUT2D eigenvalue weighted by Gasteiger charge is 2.34. The predicted molar refractivity (Wildman–Crippen MR) is 110 cm³/mol. The summed E-state index contributed by atoms with van der Waals surface area (Å²) in [5, 5.41) is 0.409. The van der Waals surface area contributed by atoms with Crippen molar-refractivity contribution >= 4 is 32.3 Å². The zero-order chi connectivity index (χ0) is 19.0. The highest BCUT2D eigenvalue weighted by Crippen LogP contribution is 2.41. The van der Waals surface area contributed by atoms with Gasteiger partial charge in [-0.25, -0.2) is 8.42 Å². The Bertz CT molecular complexity index is 1210. The van der Waals surface area contributed by atoms with Gasteiger partial charge in [0, 0.05) is 27.7 Å². The van der Waals surface area contributed by atoms with Gasteiger partial charge >= 0.3 is 0 Å². The molecule has 0 fully saturated rings. The lowest BCUT2D eigenvalue weighted by Gasteiger charge is -2.19. The van der Waals surface area contributed by atoms with E-state index in [4.69, 9.17) is 11.6 Å². The van der Waals surface area contributed by atoms with Crippen molar-refractivity contribution < 1.29 is 8.42 Å². The zero-order valence-corrected chi connectivity index (χ0v) is 16.3. The number of aryl methyl sites for hydroxylation is 1. The summed E-state index contributed by atoms with van der Waals surface area (Å²) < 4.78 is 27.3. The molecular formula is C22H18ClNO2S. The van der Waals surface area contributed by atoms with E-state index >= 15 is 0 Å². The van der Waals surface area contributed by atoms with Gasteiger partial charge in [0.1, 0.15) is 5.25 Å². The van der Waals surface area contributed by atoms with Gasteiger partial charge in [-0.3, -0.25) is 0 Å². The van der Waals surface area contributed by atoms with Crippen molar-refractivity contribution in [2.45, 2.75) is 17.1 Å². The van der Waals surface area contributed by atoms with Gasteiger partial charge < -0.3 is 4.98 Å². The number of rotatable bonds is 4. The Morgan fingerprint density at radius 3 is 2.26 bits per heavy atom. The molecule has 3 nitrogen and oxygen atoms in total. The lowest BCUT2D eigenvalue weighted by molar-refractivity contribution is 0.589. The van der Waals surface area contributed by atoms with Crippen LogP contribution in [0.2, 0.25) is 5.02 Å². The van der Waals surface area contributed by atoms with E-state index in [2.05, 4.69) is 4.98 Å². The van der Waals surface area contributed by atoms with Gasteiger partial charge in [-0.05, 0) is 36.8 Å². The molecule has 0 saturated heterocycles. The summed E-state index contributed by atoms with van der Waals surface area (Å²) in [5.74, 6) is 0. The standard InChI is InChI=1S/C22H18ClNO2S/c1-15-10-12-16(13-11-15)27(25,26)22(18-7-2-4-8-20(18)23)19-14-24-21-9-5-3-6-17(19)21/h2-14,22,24H,1H3. The highest BCUT2D eigenvalue weighted by molar-refractivity contribution is 7.92. The monoisotopic (exact) mass is 395 g/mol. The van der Waals surface area contributed by atoms with E-state index in [-0.39, 0.29) is 4.90 Å². The van der Waals surface area contributed by atoms with Crippen molar-refractivity contribution in [3.63, 3.8) is 0 Å². The molecule has 1 heterocycles. The zero-order valence-electron chi connectivity index (χ0n) is 14.7. The topological polar surface area (TPSA) is 49.9 Å². The first-order valence-corrected chi connectivity index (χ1v) is 10.5. The third-order valence-corrected chi connectivity index (χ3v) is 7.15. The van der Waals surface area contributed by atoms with Crippen molar-refractivity contribution in [3.05, 3.63) is 101 Å². The third kappa shape index (κ3) is 3.15. The van der Waals surface area contributed by atoms with Gasteiger partial charge in [-0.1, -0.05) is 65.7 Å². The fourth-order valence-corrected chi connectivity index (χ4v) is 5.53. The van der Waals surface area contributed by atoms with E-state index in [1.807, 2.05) is 49.4 Å². The average Bonchev–Trinajstić information content (AvgIpc) is 3.08. The Morgan fingerprint density at radius 1 is 0.852 bits per heavy atom. The van der Waals surface area contributed by atoms with Crippen LogP contribution in [-0.2, 0) is 9.84 Å². The number of benzene rings is 3. The first-order valence-electron chi connectivity index (χ1n) is 8.59. The predicted octanol–water partition coefficient (Wildman–Crippen LogP) is 5.69. The molecule has 0 aliphatic rings. The minimum Gasteiger partial charge on any atom is -0.361 e. The Morgan fingerprint density at radius 2 is 1.52 bits per heavy atom. The van der Waals surface area contributed by atoms with Gasteiger partial charge in [0.05, 0.1) is 4.90 Å². The van der Waals surface area contributed by atoms with Crippen molar-refractivity contribution in [3.8, 4) is 0 Å². The molecule has 27 heavy (non-hydrogen) atoms. The summed E-state index contributed by atoms with van der Waals surface area (Å²) in [6, 6.07) is 21.7. The molecule has 1 unspecified atom stereocenters. The number of hydrogen-bond donors (Lipinski definition) is 1. The minimum atomic E-state index is -3.71. The second-order valence-electron chi connectivity index (χ2n) is 6.55. The van der Waals surface area contributed by atoms with Crippen LogP contribution in [0.5, 0.6) is 0 Å². The van der Waals surface area contributed by atoms with Crippen molar-refractivity contribution in [2.75, 3.05) is 0 Å². The van der Waals surface area contributed by atoms with Crippen LogP contribution in [-0.4, -0.2) is 13.4 Å². The first kappa shape index (κ1) is 17.8. The molecule has 4 aromatic rings. The number of H-pyrrole nitrogens is 1. The molecule has 136 valence electrons. The van der Waals surface area contributed by atoms with Gasteiger partial charge in [0.15, 0.2) is 9.84 Å². The largest absolute Gasteiger partial charge is 0.361 e.